The molecule has 0 radical (unpaired) electrons. The van der Waals surface area contributed by atoms with Gasteiger partial charge >= 0.3 is 11.8 Å². The molecule has 10 nitrogen and oxygen atoms in total. The summed E-state index contributed by atoms with van der Waals surface area (Å²) in [6.07, 6.45) is 3.23. The van der Waals surface area contributed by atoms with Gasteiger partial charge in [-0.25, -0.2) is 10.1 Å². The predicted molar refractivity (Wildman–Crippen MR) is 145 cm³/mol. The number of hydrogen-bond acceptors (Lipinski definition) is 8. The Morgan fingerprint density at radius 3 is 2.32 bits per heavy atom. The van der Waals surface area contributed by atoms with E-state index in [1.54, 1.807) is 18.0 Å². The number of rotatable bonds is 7. The minimum atomic E-state index is -0.945. The average molecular weight is 524 g/mol. The lowest BCUT2D eigenvalue weighted by Gasteiger charge is -2.02. The van der Waals surface area contributed by atoms with Gasteiger partial charge in [-0.1, -0.05) is 59.9 Å². The number of amides is 2. The zero-order chi connectivity index (χ0) is 26.3. The molecule has 0 aliphatic carbocycles. The molecule has 0 spiro atoms. The first kappa shape index (κ1) is 24.5. The molecule has 0 bridgehead atoms. The molecule has 5 aromatic rings. The van der Waals surface area contributed by atoms with Crippen LogP contribution in [-0.2, 0) is 9.59 Å². The Morgan fingerprint density at radius 1 is 0.895 bits per heavy atom. The molecule has 0 unspecified atom stereocenters. The van der Waals surface area contributed by atoms with Crippen LogP contribution in [-0.4, -0.2) is 45.1 Å². The number of nitrogens with zero attached hydrogens (tertiary/aromatic N) is 5. The van der Waals surface area contributed by atoms with Crippen LogP contribution < -0.4 is 15.5 Å². The number of carbonyl (C=O) groups is 2. The highest BCUT2D eigenvalue weighted by Crippen LogP contribution is 2.26. The molecule has 0 saturated carbocycles. The fourth-order valence-electron chi connectivity index (χ4n) is 3.50. The van der Waals surface area contributed by atoms with Gasteiger partial charge < -0.3 is 4.74 Å². The first-order valence-corrected chi connectivity index (χ1v) is 12.2. The summed E-state index contributed by atoms with van der Waals surface area (Å²) < 4.78 is 6.96. The van der Waals surface area contributed by atoms with Crippen molar-refractivity contribution < 1.29 is 14.3 Å². The van der Waals surface area contributed by atoms with Crippen LogP contribution in [0, 0.1) is 0 Å². The smallest absolute Gasteiger partial charge is 0.329 e. The minimum absolute atomic E-state index is 0.207. The third kappa shape index (κ3) is 5.63. The summed E-state index contributed by atoms with van der Waals surface area (Å²) in [5.41, 5.74) is 6.08. The third-order valence-corrected chi connectivity index (χ3v) is 6.26. The van der Waals surface area contributed by atoms with E-state index in [9.17, 15) is 9.59 Å². The van der Waals surface area contributed by atoms with E-state index >= 15 is 0 Å². The minimum Gasteiger partial charge on any atom is -0.497 e. The van der Waals surface area contributed by atoms with Gasteiger partial charge in [-0.05, 0) is 36.4 Å². The van der Waals surface area contributed by atoms with Crippen LogP contribution in [0.5, 0.6) is 5.75 Å². The van der Waals surface area contributed by atoms with Crippen LogP contribution in [0.4, 0.5) is 5.13 Å². The topological polar surface area (TPSA) is 123 Å². The van der Waals surface area contributed by atoms with Gasteiger partial charge in [-0.15, -0.1) is 10.2 Å². The van der Waals surface area contributed by atoms with E-state index in [1.807, 2.05) is 84.9 Å². The van der Waals surface area contributed by atoms with Crippen molar-refractivity contribution in [2.75, 3.05) is 12.4 Å². The lowest BCUT2D eigenvalue weighted by atomic mass is 10.1. The molecule has 2 amide bonds. The lowest BCUT2D eigenvalue weighted by molar-refractivity contribution is -0.136. The molecule has 11 heteroatoms. The molecule has 2 N–H and O–H groups in total. The van der Waals surface area contributed by atoms with Gasteiger partial charge in [0, 0.05) is 22.9 Å². The van der Waals surface area contributed by atoms with Gasteiger partial charge in [0.2, 0.25) is 5.13 Å². The van der Waals surface area contributed by atoms with E-state index < -0.39 is 11.8 Å². The fourth-order valence-corrected chi connectivity index (χ4v) is 4.25. The largest absolute Gasteiger partial charge is 0.497 e. The second-order valence-corrected chi connectivity index (χ2v) is 8.85. The number of hydrazone groups is 1. The molecule has 2 aromatic heterocycles. The lowest BCUT2D eigenvalue weighted by Crippen LogP contribution is -2.32. The molecule has 3 aromatic carbocycles. The normalized spacial score (nSPS) is 10.9. The number of anilines is 1. The van der Waals surface area contributed by atoms with E-state index in [0.29, 0.717) is 16.3 Å². The number of aromatic nitrogens is 4. The zero-order valence-electron chi connectivity index (χ0n) is 20.1. The SMILES string of the molecule is COc1ccc(-c2nn(-c3ccccc3)cc2C=NNC(=O)C(=O)Nc2nnc(-c3ccccc3)s2)cc1. The fraction of sp³-hybridized carbons (Fsp3) is 0.0370. The van der Waals surface area contributed by atoms with Gasteiger partial charge in [0.25, 0.3) is 0 Å². The zero-order valence-corrected chi connectivity index (χ0v) is 20.9. The monoisotopic (exact) mass is 523 g/mol. The summed E-state index contributed by atoms with van der Waals surface area (Å²) in [6.45, 7) is 0. The van der Waals surface area contributed by atoms with Crippen LogP contribution in [0.15, 0.2) is 96.2 Å². The third-order valence-electron chi connectivity index (χ3n) is 5.37. The standard InChI is InChI=1S/C27H21N7O3S/c1-37-22-14-12-18(13-15-22)23-20(17-34(33-23)21-10-6-3-7-11-21)16-28-30-25(36)24(35)29-27-32-31-26(38-27)19-8-4-2-5-9-19/h2-17H,1H3,(H,30,36)(H,29,32,35). The molecule has 0 aliphatic heterocycles. The van der Waals surface area contributed by atoms with E-state index in [0.717, 1.165) is 33.9 Å². The van der Waals surface area contributed by atoms with Gasteiger partial charge in [0.15, 0.2) is 0 Å². The maximum atomic E-state index is 12.4. The molecular weight excluding hydrogens is 502 g/mol. The maximum absolute atomic E-state index is 12.4. The Morgan fingerprint density at radius 2 is 1.61 bits per heavy atom. The van der Waals surface area contributed by atoms with Crippen molar-refractivity contribution in [3.8, 4) is 33.3 Å². The molecule has 5 rings (SSSR count). The maximum Gasteiger partial charge on any atom is 0.329 e. The first-order chi connectivity index (χ1) is 18.6. The van der Waals surface area contributed by atoms with Crippen LogP contribution in [0.3, 0.4) is 0 Å². The molecule has 0 aliphatic rings. The Bertz CT molecular complexity index is 1580. The molecule has 38 heavy (non-hydrogen) atoms. The van der Waals surface area contributed by atoms with Gasteiger partial charge in [-0.2, -0.15) is 10.2 Å². The Kier molecular flexibility index (Phi) is 7.27. The van der Waals surface area contributed by atoms with Crippen molar-refractivity contribution in [2.24, 2.45) is 5.10 Å². The summed E-state index contributed by atoms with van der Waals surface area (Å²) in [5.74, 6) is -1.14. The summed E-state index contributed by atoms with van der Waals surface area (Å²) in [6, 6.07) is 26.4. The highest BCUT2D eigenvalue weighted by molar-refractivity contribution is 7.18. The first-order valence-electron chi connectivity index (χ1n) is 11.4. The Labute approximate surface area is 221 Å². The van der Waals surface area contributed by atoms with Crippen LogP contribution >= 0.6 is 11.3 Å². The number of nitrogens with one attached hydrogen (secondary N) is 2. The Balaban J connectivity index is 1.30. The van der Waals surface area contributed by atoms with E-state index in [1.165, 1.54) is 6.21 Å². The second kappa shape index (κ2) is 11.3. The second-order valence-electron chi connectivity index (χ2n) is 7.87. The summed E-state index contributed by atoms with van der Waals surface area (Å²) >= 11 is 1.16. The number of methoxy groups -OCH3 is 1. The summed E-state index contributed by atoms with van der Waals surface area (Å²) in [5, 5.41) is 20.0. The molecule has 2 heterocycles. The number of para-hydroxylation sites is 1. The highest BCUT2D eigenvalue weighted by atomic mass is 32.1. The number of benzene rings is 3. The van der Waals surface area contributed by atoms with Crippen molar-refractivity contribution in [3.63, 3.8) is 0 Å². The van der Waals surface area contributed by atoms with Crippen molar-refractivity contribution in [3.05, 3.63) is 96.7 Å². The molecule has 188 valence electrons. The van der Waals surface area contributed by atoms with E-state index in [2.05, 4.69) is 26.0 Å². The van der Waals surface area contributed by atoms with Gasteiger partial charge in [0.05, 0.1) is 19.0 Å². The van der Waals surface area contributed by atoms with E-state index in [-0.39, 0.29) is 5.13 Å². The average Bonchev–Trinajstić information content (AvgIpc) is 3.61. The quantitative estimate of drug-likeness (QED) is 0.188. The summed E-state index contributed by atoms with van der Waals surface area (Å²) in [4.78, 5) is 24.7. The summed E-state index contributed by atoms with van der Waals surface area (Å²) in [7, 11) is 1.60. The van der Waals surface area contributed by atoms with Crippen molar-refractivity contribution >= 4 is 34.5 Å². The van der Waals surface area contributed by atoms with Gasteiger partial charge in [-0.3, -0.25) is 14.9 Å². The number of ether oxygens (including phenoxy) is 1. The van der Waals surface area contributed by atoms with E-state index in [4.69, 9.17) is 9.84 Å². The molecule has 0 fully saturated rings. The van der Waals surface area contributed by atoms with Crippen LogP contribution in [0.25, 0.3) is 27.5 Å². The number of hydrogen-bond donors (Lipinski definition) is 2. The van der Waals surface area contributed by atoms with Crippen molar-refractivity contribution in [2.45, 2.75) is 0 Å². The van der Waals surface area contributed by atoms with Gasteiger partial charge in [0.1, 0.15) is 16.5 Å². The molecule has 0 saturated heterocycles. The van der Waals surface area contributed by atoms with Crippen molar-refractivity contribution in [1.82, 2.24) is 25.4 Å². The Hall–Kier alpha value is -5.16. The highest BCUT2D eigenvalue weighted by Gasteiger charge is 2.17. The van der Waals surface area contributed by atoms with Crippen molar-refractivity contribution in [1.29, 1.82) is 0 Å². The molecule has 0 atom stereocenters. The molecular formula is C27H21N7O3S. The van der Waals surface area contributed by atoms with Crippen LogP contribution in [0.1, 0.15) is 5.56 Å². The van der Waals surface area contributed by atoms with Crippen LogP contribution in [0.2, 0.25) is 0 Å². The predicted octanol–water partition coefficient (Wildman–Crippen LogP) is 4.16. The number of carbonyl (C=O) groups excluding carboxylic acids is 2.